The van der Waals surface area contributed by atoms with Gasteiger partial charge in [-0.25, -0.2) is 0 Å². The molecule has 1 N–H and O–H groups in total. The molecule has 1 aromatic rings. The normalized spacial score (nSPS) is 24.3. The fourth-order valence-electron chi connectivity index (χ4n) is 3.63. The van der Waals surface area contributed by atoms with Crippen molar-refractivity contribution in [1.29, 1.82) is 0 Å². The van der Waals surface area contributed by atoms with E-state index in [1.54, 1.807) is 20.3 Å². The summed E-state index contributed by atoms with van der Waals surface area (Å²) in [4.78, 5) is 12.9. The summed E-state index contributed by atoms with van der Waals surface area (Å²) in [5.74, 6) is 3.11. The van der Waals surface area contributed by atoms with Crippen molar-refractivity contribution in [2.45, 2.75) is 40.0 Å². The smallest absolute Gasteiger partial charge is 0.227 e. The Labute approximate surface area is 139 Å². The number of carbonyl (C=O) groups excluding carboxylic acids is 1. The molecule has 2 rings (SSSR count). The number of ether oxygens (including phenoxy) is 2. The third-order valence-corrected chi connectivity index (χ3v) is 5.03. The van der Waals surface area contributed by atoms with Crippen LogP contribution in [0.1, 0.15) is 40.0 Å². The van der Waals surface area contributed by atoms with Crippen molar-refractivity contribution in [1.82, 2.24) is 0 Å². The zero-order chi connectivity index (χ0) is 17.0. The first-order valence-electron chi connectivity index (χ1n) is 8.49. The van der Waals surface area contributed by atoms with Gasteiger partial charge in [0.05, 0.1) is 19.9 Å². The van der Waals surface area contributed by atoms with Crippen molar-refractivity contribution in [2.24, 2.45) is 23.7 Å². The van der Waals surface area contributed by atoms with Gasteiger partial charge < -0.3 is 14.8 Å². The van der Waals surface area contributed by atoms with Gasteiger partial charge in [-0.05, 0) is 42.7 Å². The number of amides is 1. The van der Waals surface area contributed by atoms with Crippen molar-refractivity contribution in [3.05, 3.63) is 18.2 Å². The molecule has 4 heteroatoms. The average molecular weight is 319 g/mol. The summed E-state index contributed by atoms with van der Waals surface area (Å²) >= 11 is 0. The van der Waals surface area contributed by atoms with E-state index in [-0.39, 0.29) is 11.8 Å². The molecule has 0 spiro atoms. The number of carbonyl (C=O) groups is 1. The minimum Gasteiger partial charge on any atom is -0.497 e. The Balaban J connectivity index is 2.16. The fraction of sp³-hybridized carbons (Fsp3) is 0.632. The van der Waals surface area contributed by atoms with Crippen LogP contribution >= 0.6 is 0 Å². The lowest BCUT2D eigenvalue weighted by Gasteiger charge is -2.36. The summed E-state index contributed by atoms with van der Waals surface area (Å²) in [6.07, 6.45) is 3.32. The molecule has 0 radical (unpaired) electrons. The van der Waals surface area contributed by atoms with E-state index >= 15 is 0 Å². The zero-order valence-corrected chi connectivity index (χ0v) is 14.9. The summed E-state index contributed by atoms with van der Waals surface area (Å²) in [7, 11) is 3.22. The van der Waals surface area contributed by atoms with Gasteiger partial charge in [-0.3, -0.25) is 4.79 Å². The van der Waals surface area contributed by atoms with E-state index in [9.17, 15) is 4.79 Å². The van der Waals surface area contributed by atoms with Gasteiger partial charge in [0.15, 0.2) is 0 Å². The van der Waals surface area contributed by atoms with Crippen molar-refractivity contribution >= 4 is 11.6 Å². The first-order valence-corrected chi connectivity index (χ1v) is 8.49. The van der Waals surface area contributed by atoms with Gasteiger partial charge in [0.25, 0.3) is 0 Å². The maximum atomic E-state index is 12.9. The summed E-state index contributed by atoms with van der Waals surface area (Å²) < 4.78 is 10.6. The number of methoxy groups -OCH3 is 2. The second kappa shape index (κ2) is 7.71. The Kier molecular flexibility index (Phi) is 5.91. The lowest BCUT2D eigenvalue weighted by molar-refractivity contribution is -0.124. The third kappa shape index (κ3) is 4.18. The molecule has 1 amide bonds. The van der Waals surface area contributed by atoms with Gasteiger partial charge in [0, 0.05) is 12.0 Å². The molecule has 1 aliphatic rings. The molecule has 3 atom stereocenters. The number of rotatable bonds is 5. The number of hydrogen-bond acceptors (Lipinski definition) is 3. The van der Waals surface area contributed by atoms with Crippen molar-refractivity contribution in [2.75, 3.05) is 19.5 Å². The topological polar surface area (TPSA) is 47.6 Å². The van der Waals surface area contributed by atoms with Crippen molar-refractivity contribution in [3.8, 4) is 11.5 Å². The van der Waals surface area contributed by atoms with Crippen LogP contribution in [0.5, 0.6) is 11.5 Å². The molecule has 0 saturated heterocycles. The number of benzene rings is 1. The minimum absolute atomic E-state index is 0.0746. The highest BCUT2D eigenvalue weighted by molar-refractivity contribution is 5.94. The first-order chi connectivity index (χ1) is 11.0. The van der Waals surface area contributed by atoms with E-state index < -0.39 is 0 Å². The lowest BCUT2D eigenvalue weighted by Crippen LogP contribution is -2.36. The van der Waals surface area contributed by atoms with E-state index in [1.807, 2.05) is 12.1 Å². The highest BCUT2D eigenvalue weighted by Crippen LogP contribution is 2.39. The second-order valence-electron chi connectivity index (χ2n) is 6.99. The van der Waals surface area contributed by atoms with Crippen LogP contribution < -0.4 is 14.8 Å². The SMILES string of the molecule is COc1ccc(NC(=O)C2CC(C)CCC2C(C)C)c(OC)c1. The van der Waals surface area contributed by atoms with Crippen LogP contribution in [0.2, 0.25) is 0 Å². The molecule has 1 aromatic carbocycles. The van der Waals surface area contributed by atoms with Crippen LogP contribution in [-0.4, -0.2) is 20.1 Å². The van der Waals surface area contributed by atoms with Gasteiger partial charge in [-0.2, -0.15) is 0 Å². The summed E-state index contributed by atoms with van der Waals surface area (Å²) in [6, 6.07) is 5.47. The van der Waals surface area contributed by atoms with Gasteiger partial charge in [-0.1, -0.05) is 27.2 Å². The summed E-state index contributed by atoms with van der Waals surface area (Å²) in [5, 5.41) is 3.07. The van der Waals surface area contributed by atoms with Crippen molar-refractivity contribution < 1.29 is 14.3 Å². The molecule has 0 aliphatic heterocycles. The standard InChI is InChI=1S/C19H29NO3/c1-12(2)15-8-6-13(3)10-16(15)19(21)20-17-9-7-14(22-4)11-18(17)23-5/h7,9,11-13,15-16H,6,8,10H2,1-5H3,(H,20,21). The van der Waals surface area contributed by atoms with Gasteiger partial charge in [-0.15, -0.1) is 0 Å². The Bertz CT molecular complexity index is 541. The van der Waals surface area contributed by atoms with E-state index in [2.05, 4.69) is 26.1 Å². The molecule has 0 heterocycles. The zero-order valence-electron chi connectivity index (χ0n) is 14.9. The summed E-state index contributed by atoms with van der Waals surface area (Å²) in [5.41, 5.74) is 0.707. The second-order valence-corrected chi connectivity index (χ2v) is 6.99. The number of nitrogens with one attached hydrogen (secondary N) is 1. The predicted octanol–water partition coefficient (Wildman–Crippen LogP) is 4.35. The highest BCUT2D eigenvalue weighted by atomic mass is 16.5. The number of hydrogen-bond donors (Lipinski definition) is 1. The summed E-state index contributed by atoms with van der Waals surface area (Å²) in [6.45, 7) is 6.68. The Morgan fingerprint density at radius 3 is 2.57 bits per heavy atom. The van der Waals surface area contributed by atoms with Crippen LogP contribution in [-0.2, 0) is 4.79 Å². The van der Waals surface area contributed by atoms with Crippen LogP contribution in [0.25, 0.3) is 0 Å². The average Bonchev–Trinajstić information content (AvgIpc) is 2.54. The molecule has 0 aromatic heterocycles. The molecule has 23 heavy (non-hydrogen) atoms. The molecule has 1 saturated carbocycles. The van der Waals surface area contributed by atoms with Gasteiger partial charge >= 0.3 is 0 Å². The van der Waals surface area contributed by atoms with Crippen LogP contribution in [0.4, 0.5) is 5.69 Å². The van der Waals surface area contributed by atoms with Crippen molar-refractivity contribution in [3.63, 3.8) is 0 Å². The van der Waals surface area contributed by atoms with Crippen LogP contribution in [0, 0.1) is 23.7 Å². The Morgan fingerprint density at radius 1 is 1.22 bits per heavy atom. The largest absolute Gasteiger partial charge is 0.497 e. The molecule has 3 unspecified atom stereocenters. The van der Waals surface area contributed by atoms with Gasteiger partial charge in [0.1, 0.15) is 11.5 Å². The Morgan fingerprint density at radius 2 is 1.96 bits per heavy atom. The number of anilines is 1. The molecule has 1 fully saturated rings. The fourth-order valence-corrected chi connectivity index (χ4v) is 3.63. The molecule has 4 nitrogen and oxygen atoms in total. The quantitative estimate of drug-likeness (QED) is 0.877. The monoisotopic (exact) mass is 319 g/mol. The minimum atomic E-state index is 0.0746. The molecular weight excluding hydrogens is 290 g/mol. The maximum Gasteiger partial charge on any atom is 0.227 e. The predicted molar refractivity (Wildman–Crippen MR) is 93.0 cm³/mol. The molecule has 128 valence electrons. The highest BCUT2D eigenvalue weighted by Gasteiger charge is 2.35. The van der Waals surface area contributed by atoms with Gasteiger partial charge in [0.2, 0.25) is 5.91 Å². The molecule has 0 bridgehead atoms. The first kappa shape index (κ1) is 17.6. The van der Waals surface area contributed by atoms with E-state index in [1.165, 1.54) is 6.42 Å². The van der Waals surface area contributed by atoms with E-state index in [0.29, 0.717) is 34.9 Å². The maximum absolute atomic E-state index is 12.9. The third-order valence-electron chi connectivity index (χ3n) is 5.03. The van der Waals surface area contributed by atoms with Crippen LogP contribution in [0.3, 0.4) is 0 Å². The Hall–Kier alpha value is -1.71. The molecule has 1 aliphatic carbocycles. The molecular formula is C19H29NO3. The lowest BCUT2D eigenvalue weighted by atomic mass is 9.70. The van der Waals surface area contributed by atoms with E-state index in [0.717, 1.165) is 12.8 Å². The van der Waals surface area contributed by atoms with E-state index in [4.69, 9.17) is 9.47 Å². The van der Waals surface area contributed by atoms with Crippen LogP contribution in [0.15, 0.2) is 18.2 Å².